The summed E-state index contributed by atoms with van der Waals surface area (Å²) in [6, 6.07) is 5.38. The van der Waals surface area contributed by atoms with E-state index in [0.717, 1.165) is 12.8 Å². The molecule has 0 aliphatic heterocycles. The van der Waals surface area contributed by atoms with Crippen molar-refractivity contribution in [2.45, 2.75) is 46.1 Å². The van der Waals surface area contributed by atoms with Crippen LogP contribution in [0.4, 0.5) is 0 Å². The number of benzene rings is 1. The van der Waals surface area contributed by atoms with Crippen LogP contribution >= 0.6 is 23.2 Å². The van der Waals surface area contributed by atoms with E-state index in [-0.39, 0.29) is 6.10 Å². The molecule has 2 nitrogen and oxygen atoms in total. The monoisotopic (exact) mass is 329 g/mol. The molecule has 1 aliphatic carbocycles. The van der Waals surface area contributed by atoms with E-state index in [2.05, 4.69) is 20.8 Å². The molecule has 0 aromatic heterocycles. The SMILES string of the molecule is CC(C)(C)C1CCC(CN)C(Oc2ccc(Cl)cc2Cl)C1. The van der Waals surface area contributed by atoms with Crippen molar-refractivity contribution in [2.75, 3.05) is 6.54 Å². The van der Waals surface area contributed by atoms with Crippen molar-refractivity contribution in [1.82, 2.24) is 0 Å². The van der Waals surface area contributed by atoms with Crippen molar-refractivity contribution in [2.24, 2.45) is 23.0 Å². The highest BCUT2D eigenvalue weighted by molar-refractivity contribution is 6.35. The van der Waals surface area contributed by atoms with Crippen LogP contribution in [0.3, 0.4) is 0 Å². The molecule has 0 heterocycles. The summed E-state index contributed by atoms with van der Waals surface area (Å²) in [5, 5.41) is 1.19. The Hall–Kier alpha value is -0.440. The van der Waals surface area contributed by atoms with E-state index in [9.17, 15) is 0 Å². The lowest BCUT2D eigenvalue weighted by molar-refractivity contribution is 0.0332. The van der Waals surface area contributed by atoms with Crippen LogP contribution in [0.5, 0.6) is 5.75 Å². The van der Waals surface area contributed by atoms with Gasteiger partial charge in [-0.15, -0.1) is 0 Å². The normalized spacial score (nSPS) is 26.7. The molecule has 4 heteroatoms. The Kier molecular flexibility index (Phi) is 5.45. The second-order valence-electron chi connectivity index (χ2n) is 7.10. The molecule has 21 heavy (non-hydrogen) atoms. The van der Waals surface area contributed by atoms with Gasteiger partial charge in [-0.1, -0.05) is 44.0 Å². The van der Waals surface area contributed by atoms with E-state index in [1.165, 1.54) is 6.42 Å². The highest BCUT2D eigenvalue weighted by Gasteiger charge is 2.36. The zero-order valence-corrected chi connectivity index (χ0v) is 14.5. The topological polar surface area (TPSA) is 35.2 Å². The summed E-state index contributed by atoms with van der Waals surface area (Å²) in [5.74, 6) is 1.76. The molecule has 0 amide bonds. The number of rotatable bonds is 3. The van der Waals surface area contributed by atoms with Gasteiger partial charge in [0.1, 0.15) is 11.9 Å². The third kappa shape index (κ3) is 4.28. The van der Waals surface area contributed by atoms with Crippen LogP contribution in [0.1, 0.15) is 40.0 Å². The summed E-state index contributed by atoms with van der Waals surface area (Å²) in [6.45, 7) is 7.55. The Morgan fingerprint density at radius 1 is 1.24 bits per heavy atom. The fourth-order valence-corrected chi connectivity index (χ4v) is 3.58. The van der Waals surface area contributed by atoms with Crippen molar-refractivity contribution in [3.63, 3.8) is 0 Å². The Balaban J connectivity index is 2.14. The minimum absolute atomic E-state index is 0.131. The number of halogens is 2. The third-order valence-corrected chi connectivity index (χ3v) is 5.16. The van der Waals surface area contributed by atoms with E-state index < -0.39 is 0 Å². The molecule has 1 aliphatic rings. The molecular weight excluding hydrogens is 305 g/mol. The van der Waals surface area contributed by atoms with Gasteiger partial charge >= 0.3 is 0 Å². The van der Waals surface area contributed by atoms with Gasteiger partial charge in [-0.25, -0.2) is 0 Å². The number of hydrogen-bond acceptors (Lipinski definition) is 2. The van der Waals surface area contributed by atoms with Gasteiger partial charge in [-0.05, 0) is 55.3 Å². The molecule has 1 saturated carbocycles. The predicted octanol–water partition coefficient (Wildman–Crippen LogP) is 5.16. The van der Waals surface area contributed by atoms with E-state index in [1.54, 1.807) is 6.07 Å². The lowest BCUT2D eigenvalue weighted by Crippen LogP contribution is -2.41. The van der Waals surface area contributed by atoms with Crippen LogP contribution in [0.2, 0.25) is 10.0 Å². The largest absolute Gasteiger partial charge is 0.489 e. The number of ether oxygens (including phenoxy) is 1. The summed E-state index contributed by atoms with van der Waals surface area (Å²) in [4.78, 5) is 0. The highest BCUT2D eigenvalue weighted by atomic mass is 35.5. The van der Waals surface area contributed by atoms with E-state index in [0.29, 0.717) is 39.6 Å². The minimum atomic E-state index is 0.131. The molecule has 0 radical (unpaired) electrons. The first kappa shape index (κ1) is 16.9. The van der Waals surface area contributed by atoms with Crippen LogP contribution < -0.4 is 10.5 Å². The quantitative estimate of drug-likeness (QED) is 0.830. The van der Waals surface area contributed by atoms with Gasteiger partial charge in [0, 0.05) is 10.9 Å². The van der Waals surface area contributed by atoms with Crippen LogP contribution in [0.25, 0.3) is 0 Å². The molecule has 3 unspecified atom stereocenters. The summed E-state index contributed by atoms with van der Waals surface area (Å²) in [6.07, 6.45) is 3.50. The predicted molar refractivity (Wildman–Crippen MR) is 90.2 cm³/mol. The van der Waals surface area contributed by atoms with Crippen molar-refractivity contribution in [3.05, 3.63) is 28.2 Å². The molecule has 118 valence electrons. The standard InChI is InChI=1S/C17H25Cl2NO/c1-17(2,3)12-5-4-11(10-20)16(8-12)21-15-7-6-13(18)9-14(15)19/h6-7,9,11-12,16H,4-5,8,10,20H2,1-3H3. The number of nitrogens with two attached hydrogens (primary N) is 1. The van der Waals surface area contributed by atoms with Crippen molar-refractivity contribution >= 4 is 23.2 Å². The molecule has 2 rings (SSSR count). The Labute approximate surface area is 137 Å². The van der Waals surface area contributed by atoms with Crippen molar-refractivity contribution in [1.29, 1.82) is 0 Å². The van der Waals surface area contributed by atoms with Crippen LogP contribution in [0.15, 0.2) is 18.2 Å². The highest BCUT2D eigenvalue weighted by Crippen LogP contribution is 2.41. The van der Waals surface area contributed by atoms with Gasteiger partial charge in [0.05, 0.1) is 5.02 Å². The number of hydrogen-bond donors (Lipinski definition) is 1. The van der Waals surface area contributed by atoms with Crippen LogP contribution in [0, 0.1) is 17.3 Å². The first-order chi connectivity index (χ1) is 9.81. The maximum Gasteiger partial charge on any atom is 0.138 e. The molecule has 1 fully saturated rings. The molecule has 0 spiro atoms. The van der Waals surface area contributed by atoms with Gasteiger partial charge in [-0.2, -0.15) is 0 Å². The zero-order chi connectivity index (χ0) is 15.6. The summed E-state index contributed by atoms with van der Waals surface area (Å²) >= 11 is 12.2. The van der Waals surface area contributed by atoms with Gasteiger partial charge in [0.15, 0.2) is 0 Å². The van der Waals surface area contributed by atoms with E-state index in [1.807, 2.05) is 12.1 Å². The average molecular weight is 330 g/mol. The van der Waals surface area contributed by atoms with E-state index in [4.69, 9.17) is 33.7 Å². The molecule has 0 saturated heterocycles. The summed E-state index contributed by atoms with van der Waals surface area (Å²) in [5.41, 5.74) is 6.23. The zero-order valence-electron chi connectivity index (χ0n) is 13.0. The van der Waals surface area contributed by atoms with Gasteiger partial charge in [0.25, 0.3) is 0 Å². The van der Waals surface area contributed by atoms with Crippen molar-refractivity contribution in [3.8, 4) is 5.75 Å². The Bertz CT molecular complexity index is 484. The average Bonchev–Trinajstić information content (AvgIpc) is 2.41. The minimum Gasteiger partial charge on any atom is -0.489 e. The fourth-order valence-electron chi connectivity index (χ4n) is 3.13. The fraction of sp³-hybridized carbons (Fsp3) is 0.647. The lowest BCUT2D eigenvalue weighted by atomic mass is 9.68. The van der Waals surface area contributed by atoms with E-state index >= 15 is 0 Å². The molecular formula is C17H25Cl2NO. The van der Waals surface area contributed by atoms with Gasteiger partial charge in [0.2, 0.25) is 0 Å². The first-order valence-corrected chi connectivity index (χ1v) is 8.38. The second kappa shape index (κ2) is 6.76. The molecule has 1 aromatic carbocycles. The van der Waals surface area contributed by atoms with Crippen LogP contribution in [-0.2, 0) is 0 Å². The summed E-state index contributed by atoms with van der Waals surface area (Å²) < 4.78 is 6.20. The maximum absolute atomic E-state index is 6.23. The first-order valence-electron chi connectivity index (χ1n) is 7.63. The van der Waals surface area contributed by atoms with Crippen LogP contribution in [-0.4, -0.2) is 12.6 Å². The van der Waals surface area contributed by atoms with Gasteiger partial charge < -0.3 is 10.5 Å². The second-order valence-corrected chi connectivity index (χ2v) is 7.95. The lowest BCUT2D eigenvalue weighted by Gasteiger charge is -2.41. The van der Waals surface area contributed by atoms with Gasteiger partial charge in [-0.3, -0.25) is 0 Å². The molecule has 2 N–H and O–H groups in total. The maximum atomic E-state index is 6.23. The molecule has 1 aromatic rings. The summed E-state index contributed by atoms with van der Waals surface area (Å²) in [7, 11) is 0. The Morgan fingerprint density at radius 3 is 2.52 bits per heavy atom. The molecule has 0 bridgehead atoms. The van der Waals surface area contributed by atoms with Crippen molar-refractivity contribution < 1.29 is 4.74 Å². The smallest absolute Gasteiger partial charge is 0.138 e. The molecule has 3 atom stereocenters. The Morgan fingerprint density at radius 2 is 1.95 bits per heavy atom. The third-order valence-electron chi connectivity index (χ3n) is 4.63.